The van der Waals surface area contributed by atoms with Crippen molar-refractivity contribution in [1.29, 1.82) is 0 Å². The van der Waals surface area contributed by atoms with E-state index < -0.39 is 0 Å². The van der Waals surface area contributed by atoms with Crippen LogP contribution in [0.4, 0.5) is 5.69 Å². The third-order valence-corrected chi connectivity index (χ3v) is 3.53. The summed E-state index contributed by atoms with van der Waals surface area (Å²) in [5.74, 6) is 0. The summed E-state index contributed by atoms with van der Waals surface area (Å²) in [6.07, 6.45) is 7.51. The molecule has 1 atom stereocenters. The molecule has 0 aliphatic carbocycles. The lowest BCUT2D eigenvalue weighted by atomic mass is 10.1. The van der Waals surface area contributed by atoms with E-state index in [0.29, 0.717) is 12.1 Å². The molecule has 17 heavy (non-hydrogen) atoms. The molecule has 1 fully saturated rings. The third kappa shape index (κ3) is 3.70. The van der Waals surface area contributed by atoms with Crippen LogP contribution in [0.3, 0.4) is 0 Å². The quantitative estimate of drug-likeness (QED) is 0.870. The molecule has 0 spiro atoms. The standard InChI is InChI=1S/C14H23N3/c1-12(2)17-9-4-6-13(7-10-17)16-14-5-3-8-15-11-14/h3,5,8,11-13,16H,4,6-7,9-10H2,1-2H3. The highest BCUT2D eigenvalue weighted by molar-refractivity contribution is 5.40. The molecular weight excluding hydrogens is 210 g/mol. The molecule has 2 rings (SSSR count). The Kier molecular flexibility index (Phi) is 4.37. The van der Waals surface area contributed by atoms with Gasteiger partial charge in [-0.1, -0.05) is 0 Å². The summed E-state index contributed by atoms with van der Waals surface area (Å²) in [6, 6.07) is 5.35. The highest BCUT2D eigenvalue weighted by Crippen LogP contribution is 2.17. The van der Waals surface area contributed by atoms with E-state index in [0.717, 1.165) is 5.69 Å². The van der Waals surface area contributed by atoms with Gasteiger partial charge in [0.25, 0.3) is 0 Å². The first-order valence-corrected chi connectivity index (χ1v) is 6.66. The number of anilines is 1. The van der Waals surface area contributed by atoms with Gasteiger partial charge in [0.15, 0.2) is 0 Å². The van der Waals surface area contributed by atoms with Crippen molar-refractivity contribution in [2.75, 3.05) is 18.4 Å². The van der Waals surface area contributed by atoms with Gasteiger partial charge >= 0.3 is 0 Å². The molecule has 0 radical (unpaired) electrons. The van der Waals surface area contributed by atoms with Crippen LogP contribution < -0.4 is 5.32 Å². The summed E-state index contributed by atoms with van der Waals surface area (Å²) in [5.41, 5.74) is 1.15. The second kappa shape index (κ2) is 6.01. The van der Waals surface area contributed by atoms with Crippen LogP contribution in [0.1, 0.15) is 33.1 Å². The van der Waals surface area contributed by atoms with Gasteiger partial charge < -0.3 is 10.2 Å². The predicted molar refractivity (Wildman–Crippen MR) is 72.2 cm³/mol. The van der Waals surface area contributed by atoms with Crippen molar-refractivity contribution in [2.45, 2.75) is 45.2 Å². The average Bonchev–Trinajstić information content (AvgIpc) is 2.56. The van der Waals surface area contributed by atoms with Gasteiger partial charge in [-0.2, -0.15) is 0 Å². The second-order valence-corrected chi connectivity index (χ2v) is 5.14. The number of nitrogens with zero attached hydrogens (tertiary/aromatic N) is 2. The molecule has 0 bridgehead atoms. The van der Waals surface area contributed by atoms with Gasteiger partial charge in [0.1, 0.15) is 0 Å². The van der Waals surface area contributed by atoms with Gasteiger partial charge in [0.05, 0.1) is 5.69 Å². The highest BCUT2D eigenvalue weighted by Gasteiger charge is 2.18. The lowest BCUT2D eigenvalue weighted by molar-refractivity contribution is 0.230. The number of hydrogen-bond acceptors (Lipinski definition) is 3. The molecule has 1 aromatic rings. The Labute approximate surface area is 104 Å². The van der Waals surface area contributed by atoms with E-state index in [1.165, 1.54) is 32.4 Å². The zero-order valence-electron chi connectivity index (χ0n) is 10.9. The van der Waals surface area contributed by atoms with E-state index in [9.17, 15) is 0 Å². The first-order chi connectivity index (χ1) is 8.25. The Morgan fingerprint density at radius 2 is 2.24 bits per heavy atom. The van der Waals surface area contributed by atoms with Crippen molar-refractivity contribution < 1.29 is 0 Å². The Bertz CT molecular complexity index is 323. The fourth-order valence-corrected chi connectivity index (χ4v) is 2.46. The average molecular weight is 233 g/mol. The van der Waals surface area contributed by atoms with Gasteiger partial charge in [0.2, 0.25) is 0 Å². The molecule has 0 saturated carbocycles. The first kappa shape index (κ1) is 12.4. The Balaban J connectivity index is 1.87. The molecule has 1 N–H and O–H groups in total. The number of likely N-dealkylation sites (tertiary alicyclic amines) is 1. The van der Waals surface area contributed by atoms with Gasteiger partial charge in [-0.3, -0.25) is 4.98 Å². The van der Waals surface area contributed by atoms with Gasteiger partial charge in [-0.15, -0.1) is 0 Å². The van der Waals surface area contributed by atoms with Crippen LogP contribution in [-0.2, 0) is 0 Å². The fraction of sp³-hybridized carbons (Fsp3) is 0.643. The number of hydrogen-bond donors (Lipinski definition) is 1. The molecule has 1 aliphatic rings. The number of aromatic nitrogens is 1. The van der Waals surface area contributed by atoms with Crippen LogP contribution in [0.25, 0.3) is 0 Å². The molecule has 3 nitrogen and oxygen atoms in total. The molecule has 94 valence electrons. The maximum Gasteiger partial charge on any atom is 0.0528 e. The molecular formula is C14H23N3. The zero-order valence-corrected chi connectivity index (χ0v) is 10.9. The minimum absolute atomic E-state index is 0.600. The van der Waals surface area contributed by atoms with Crippen molar-refractivity contribution in [3.8, 4) is 0 Å². The van der Waals surface area contributed by atoms with Crippen LogP contribution in [-0.4, -0.2) is 35.1 Å². The normalized spacial score (nSPS) is 22.4. The van der Waals surface area contributed by atoms with E-state index >= 15 is 0 Å². The second-order valence-electron chi connectivity index (χ2n) is 5.14. The van der Waals surface area contributed by atoms with E-state index in [-0.39, 0.29) is 0 Å². The summed E-state index contributed by atoms with van der Waals surface area (Å²) < 4.78 is 0. The van der Waals surface area contributed by atoms with Crippen LogP contribution in [0.15, 0.2) is 24.5 Å². The van der Waals surface area contributed by atoms with Gasteiger partial charge in [-0.05, 0) is 51.8 Å². The van der Waals surface area contributed by atoms with Crippen LogP contribution in [0.5, 0.6) is 0 Å². The first-order valence-electron chi connectivity index (χ1n) is 6.66. The summed E-state index contributed by atoms with van der Waals surface area (Å²) in [4.78, 5) is 6.72. The summed E-state index contributed by atoms with van der Waals surface area (Å²) in [6.45, 7) is 7.02. The number of pyridine rings is 1. The molecule has 1 saturated heterocycles. The molecule has 2 heterocycles. The van der Waals surface area contributed by atoms with Crippen molar-refractivity contribution in [2.24, 2.45) is 0 Å². The smallest absolute Gasteiger partial charge is 0.0528 e. The van der Waals surface area contributed by atoms with E-state index in [1.807, 2.05) is 18.5 Å². The molecule has 1 aromatic heterocycles. The van der Waals surface area contributed by atoms with Crippen molar-refractivity contribution in [3.05, 3.63) is 24.5 Å². The fourth-order valence-electron chi connectivity index (χ4n) is 2.46. The van der Waals surface area contributed by atoms with Crippen molar-refractivity contribution >= 4 is 5.69 Å². The SMILES string of the molecule is CC(C)N1CCCC(Nc2cccnc2)CC1. The lowest BCUT2D eigenvalue weighted by Crippen LogP contribution is -2.32. The van der Waals surface area contributed by atoms with Crippen LogP contribution in [0.2, 0.25) is 0 Å². The van der Waals surface area contributed by atoms with Gasteiger partial charge in [0, 0.05) is 31.0 Å². The third-order valence-electron chi connectivity index (χ3n) is 3.53. The van der Waals surface area contributed by atoms with Crippen molar-refractivity contribution in [1.82, 2.24) is 9.88 Å². The molecule has 0 amide bonds. The minimum Gasteiger partial charge on any atom is -0.381 e. The minimum atomic E-state index is 0.600. The van der Waals surface area contributed by atoms with Crippen LogP contribution >= 0.6 is 0 Å². The zero-order chi connectivity index (χ0) is 12.1. The summed E-state index contributed by atoms with van der Waals surface area (Å²) in [7, 11) is 0. The Hall–Kier alpha value is -1.09. The summed E-state index contributed by atoms with van der Waals surface area (Å²) >= 11 is 0. The largest absolute Gasteiger partial charge is 0.381 e. The van der Waals surface area contributed by atoms with Crippen LogP contribution in [0, 0.1) is 0 Å². The van der Waals surface area contributed by atoms with E-state index in [1.54, 1.807) is 0 Å². The van der Waals surface area contributed by atoms with E-state index in [4.69, 9.17) is 0 Å². The molecule has 1 unspecified atom stereocenters. The van der Waals surface area contributed by atoms with Gasteiger partial charge in [-0.25, -0.2) is 0 Å². The monoisotopic (exact) mass is 233 g/mol. The lowest BCUT2D eigenvalue weighted by Gasteiger charge is -2.24. The molecule has 1 aliphatic heterocycles. The maximum absolute atomic E-state index is 4.14. The topological polar surface area (TPSA) is 28.2 Å². The van der Waals surface area contributed by atoms with Crippen molar-refractivity contribution in [3.63, 3.8) is 0 Å². The predicted octanol–water partition coefficient (Wildman–Crippen LogP) is 2.76. The molecule has 3 heteroatoms. The van der Waals surface area contributed by atoms with E-state index in [2.05, 4.69) is 35.1 Å². The summed E-state index contributed by atoms with van der Waals surface area (Å²) in [5, 5.41) is 3.59. The highest BCUT2D eigenvalue weighted by atomic mass is 15.1. The number of rotatable bonds is 3. The Morgan fingerprint density at radius 3 is 2.94 bits per heavy atom. The molecule has 0 aromatic carbocycles. The maximum atomic E-state index is 4.14. The Morgan fingerprint density at radius 1 is 1.35 bits per heavy atom. The number of nitrogens with one attached hydrogen (secondary N) is 1.